The predicted octanol–water partition coefficient (Wildman–Crippen LogP) is 4.31. The largest absolute Gasteiger partial charge is 0.351 e. The van der Waals surface area contributed by atoms with Gasteiger partial charge in [0, 0.05) is 11.8 Å². The fourth-order valence-corrected chi connectivity index (χ4v) is 2.45. The van der Waals surface area contributed by atoms with Gasteiger partial charge in [-0.1, -0.05) is 19.4 Å². The molecule has 3 aromatic rings. The molecule has 0 spiro atoms. The number of fused-ring (bicyclic) bond motifs is 1. The summed E-state index contributed by atoms with van der Waals surface area (Å²) in [6, 6.07) is 3.32. The zero-order valence-corrected chi connectivity index (χ0v) is 11.7. The van der Waals surface area contributed by atoms with Gasteiger partial charge in [0.25, 0.3) is 5.56 Å². The minimum absolute atomic E-state index is 0.0110. The molecule has 0 amide bonds. The Kier molecular flexibility index (Phi) is 2.66. The van der Waals surface area contributed by atoms with Crippen molar-refractivity contribution in [2.24, 2.45) is 0 Å². The molecule has 3 rings (SSSR count). The number of aromatic nitrogens is 3. The van der Waals surface area contributed by atoms with E-state index in [0.29, 0.717) is 0 Å². The molecule has 23 heavy (non-hydrogen) atoms. The van der Waals surface area contributed by atoms with Gasteiger partial charge in [-0.15, -0.1) is 0 Å². The molecule has 2 heterocycles. The van der Waals surface area contributed by atoms with Crippen LogP contribution in [0.15, 0.2) is 44.7 Å². The first-order valence-electron chi connectivity index (χ1n) is 5.89. The van der Waals surface area contributed by atoms with Crippen LogP contribution in [0.2, 0.25) is 0 Å². The van der Waals surface area contributed by atoms with Crippen molar-refractivity contribution < 1.29 is 24.1 Å². The summed E-state index contributed by atoms with van der Waals surface area (Å²) in [5.74, 6) is 0. The molecule has 0 aliphatic rings. The molecule has 0 atom stereocenters. The highest BCUT2D eigenvalue weighted by molar-refractivity contribution is 8.45. The normalized spacial score (nSPS) is 15.2. The number of rotatable bonds is 3. The van der Waals surface area contributed by atoms with Crippen LogP contribution in [-0.4, -0.2) is 15.3 Å². The highest BCUT2D eigenvalue weighted by Crippen LogP contribution is 3.02. The number of hydrogen-bond acceptors (Lipinski definition) is 5. The maximum Gasteiger partial charge on any atom is 0.310 e. The second-order valence-corrected chi connectivity index (χ2v) is 7.04. The number of pyridine rings is 1. The second kappa shape index (κ2) is 4.01. The van der Waals surface area contributed by atoms with Crippen molar-refractivity contribution in [3.63, 3.8) is 0 Å². The van der Waals surface area contributed by atoms with E-state index in [-0.39, 0.29) is 34.7 Å². The summed E-state index contributed by atoms with van der Waals surface area (Å²) in [6.07, 6.45) is 0. The minimum atomic E-state index is -9.72. The van der Waals surface area contributed by atoms with Gasteiger partial charge in [-0.2, -0.15) is 0 Å². The summed E-state index contributed by atoms with van der Waals surface area (Å²) in [5.41, 5.74) is -0.386. The van der Waals surface area contributed by atoms with E-state index in [0.717, 1.165) is 12.1 Å². The highest BCUT2D eigenvalue weighted by Gasteiger charge is 2.65. The van der Waals surface area contributed by atoms with Crippen LogP contribution in [-0.2, 0) is 0 Å². The summed E-state index contributed by atoms with van der Waals surface area (Å²) >= 11 is 0. The molecule has 0 saturated carbocycles. The SMILES string of the molecule is O=c1[nH]c2nonc2cc1Nc1ccc(S(F)(F)(F)(F)F)cc1. The lowest BCUT2D eigenvalue weighted by Crippen LogP contribution is -2.11. The van der Waals surface area contributed by atoms with Gasteiger partial charge in [-0.05, 0) is 34.6 Å². The minimum Gasteiger partial charge on any atom is -0.351 e. The number of benzene rings is 1. The number of halogens is 5. The van der Waals surface area contributed by atoms with Crippen molar-refractivity contribution in [3.8, 4) is 0 Å². The van der Waals surface area contributed by atoms with Crippen LogP contribution in [0.4, 0.5) is 30.8 Å². The monoisotopic (exact) mass is 354 g/mol. The lowest BCUT2D eigenvalue weighted by atomic mass is 10.3. The van der Waals surface area contributed by atoms with E-state index in [1.54, 1.807) is 0 Å². The van der Waals surface area contributed by atoms with Gasteiger partial charge in [-0.3, -0.25) is 4.79 Å². The molecule has 0 saturated heterocycles. The number of aromatic amines is 1. The number of hydrogen-bond donors (Lipinski definition) is 2. The Hall–Kier alpha value is -2.63. The first-order valence-corrected chi connectivity index (χ1v) is 7.84. The molecule has 12 heteroatoms. The second-order valence-electron chi connectivity index (χ2n) is 4.63. The molecule has 2 N–H and O–H groups in total. The van der Waals surface area contributed by atoms with Crippen LogP contribution >= 0.6 is 10.2 Å². The third kappa shape index (κ3) is 3.11. The smallest absolute Gasteiger partial charge is 0.310 e. The quantitative estimate of drug-likeness (QED) is 0.685. The first kappa shape index (κ1) is 15.3. The summed E-state index contributed by atoms with van der Waals surface area (Å²) in [4.78, 5) is 12.1. The number of nitrogens with one attached hydrogen (secondary N) is 2. The third-order valence-electron chi connectivity index (χ3n) is 2.85. The molecule has 0 unspecified atom stereocenters. The predicted molar refractivity (Wildman–Crippen MR) is 73.5 cm³/mol. The average molecular weight is 354 g/mol. The van der Waals surface area contributed by atoms with Crippen molar-refractivity contribution >= 4 is 32.8 Å². The average Bonchev–Trinajstić information content (AvgIpc) is 2.84. The Morgan fingerprint density at radius 1 is 1.04 bits per heavy atom. The molecule has 0 fully saturated rings. The van der Waals surface area contributed by atoms with Gasteiger partial charge in [0.1, 0.15) is 10.6 Å². The Labute approximate surface area is 124 Å². The van der Waals surface area contributed by atoms with Crippen LogP contribution in [0, 0.1) is 0 Å². The maximum atomic E-state index is 12.6. The van der Waals surface area contributed by atoms with Gasteiger partial charge in [-0.25, -0.2) is 4.63 Å². The molecular formula is C11H7F5N4O2S. The third-order valence-corrected chi connectivity index (χ3v) is 4.01. The number of anilines is 2. The lowest BCUT2D eigenvalue weighted by Gasteiger charge is -2.40. The fourth-order valence-electron chi connectivity index (χ4n) is 1.80. The molecule has 0 radical (unpaired) electrons. The van der Waals surface area contributed by atoms with Crippen molar-refractivity contribution in [2.75, 3.05) is 5.32 Å². The molecule has 2 aromatic heterocycles. The molecule has 0 bridgehead atoms. The highest BCUT2D eigenvalue weighted by atomic mass is 32.5. The van der Waals surface area contributed by atoms with E-state index < -0.39 is 20.7 Å². The Bertz CT molecular complexity index is 949. The topological polar surface area (TPSA) is 83.8 Å². The van der Waals surface area contributed by atoms with Gasteiger partial charge < -0.3 is 10.3 Å². The van der Waals surface area contributed by atoms with Crippen molar-refractivity contribution in [2.45, 2.75) is 4.90 Å². The van der Waals surface area contributed by atoms with Crippen molar-refractivity contribution in [3.05, 3.63) is 40.7 Å². The van der Waals surface area contributed by atoms with Crippen molar-refractivity contribution in [1.82, 2.24) is 15.3 Å². The van der Waals surface area contributed by atoms with E-state index in [1.165, 1.54) is 6.07 Å². The number of H-pyrrole nitrogens is 1. The molecular weight excluding hydrogens is 347 g/mol. The standard InChI is InChI=1S/C11H7F5N4O2S/c12-23(13,14,15,16)7-3-1-6(2-4-7)17-9-5-8-10(18-11(9)21)20-22-19-8/h1-5,17H,(H,18,20,21). The summed E-state index contributed by atoms with van der Waals surface area (Å²) in [7, 11) is -9.72. The summed E-state index contributed by atoms with van der Waals surface area (Å²) < 4.78 is 67.4. The van der Waals surface area contributed by atoms with Gasteiger partial charge in [0.15, 0.2) is 5.52 Å². The van der Waals surface area contributed by atoms with Crippen LogP contribution in [0.5, 0.6) is 0 Å². The van der Waals surface area contributed by atoms with Crippen LogP contribution in [0.3, 0.4) is 0 Å². The molecule has 1 aromatic carbocycles. The van der Waals surface area contributed by atoms with E-state index in [4.69, 9.17) is 0 Å². The van der Waals surface area contributed by atoms with Gasteiger partial charge in [0.05, 0.1) is 0 Å². The van der Waals surface area contributed by atoms with Gasteiger partial charge in [0.2, 0.25) is 5.65 Å². The van der Waals surface area contributed by atoms with Crippen LogP contribution in [0.25, 0.3) is 11.2 Å². The van der Waals surface area contributed by atoms with E-state index in [1.807, 2.05) is 0 Å². The Balaban J connectivity index is 1.94. The van der Waals surface area contributed by atoms with E-state index in [9.17, 15) is 24.2 Å². The molecule has 6 nitrogen and oxygen atoms in total. The van der Waals surface area contributed by atoms with Crippen LogP contribution < -0.4 is 10.9 Å². The van der Waals surface area contributed by atoms with Gasteiger partial charge >= 0.3 is 10.2 Å². The van der Waals surface area contributed by atoms with Crippen molar-refractivity contribution in [1.29, 1.82) is 0 Å². The maximum absolute atomic E-state index is 12.6. The molecule has 0 aliphatic carbocycles. The van der Waals surface area contributed by atoms with E-state index >= 15 is 0 Å². The molecule has 0 aliphatic heterocycles. The number of nitrogens with zero attached hydrogens (tertiary/aromatic N) is 2. The molecule has 124 valence electrons. The lowest BCUT2D eigenvalue weighted by molar-refractivity contribution is 0.314. The van der Waals surface area contributed by atoms with E-state index in [2.05, 4.69) is 25.2 Å². The Morgan fingerprint density at radius 2 is 1.70 bits per heavy atom. The summed E-state index contributed by atoms with van der Waals surface area (Å²) in [6.45, 7) is 0. The van der Waals surface area contributed by atoms with Crippen LogP contribution in [0.1, 0.15) is 0 Å². The summed E-state index contributed by atoms with van der Waals surface area (Å²) in [5, 5.41) is 9.40. The zero-order chi connectivity index (χ0) is 16.9. The zero-order valence-electron chi connectivity index (χ0n) is 10.9. The Morgan fingerprint density at radius 3 is 2.30 bits per heavy atom. The fraction of sp³-hybridized carbons (Fsp3) is 0. The first-order chi connectivity index (χ1) is 10.4.